The van der Waals surface area contributed by atoms with Crippen molar-refractivity contribution in [2.24, 2.45) is 5.92 Å². The van der Waals surface area contributed by atoms with Gasteiger partial charge in [-0.25, -0.2) is 0 Å². The fourth-order valence-electron chi connectivity index (χ4n) is 2.13. The molecule has 1 heterocycles. The lowest BCUT2D eigenvalue weighted by atomic mass is 10.1. The monoisotopic (exact) mass is 247 g/mol. The standard InChI is InChI=1S/C14H21N3O/c1-3-12(6-10-4-5-10)17-14(18)13-7-11(15)8-16-9(13)2/h7-8,10,12H,3-6,15H2,1-2H3,(H,17,18). The highest BCUT2D eigenvalue weighted by atomic mass is 16.1. The lowest BCUT2D eigenvalue weighted by Gasteiger charge is -2.17. The molecule has 0 radical (unpaired) electrons. The summed E-state index contributed by atoms with van der Waals surface area (Å²) in [6, 6.07) is 1.97. The summed E-state index contributed by atoms with van der Waals surface area (Å²) >= 11 is 0. The molecular weight excluding hydrogens is 226 g/mol. The topological polar surface area (TPSA) is 68.0 Å². The lowest BCUT2D eigenvalue weighted by Crippen LogP contribution is -2.35. The first kappa shape index (κ1) is 12.9. The number of nitrogens with zero attached hydrogens (tertiary/aromatic N) is 1. The van der Waals surface area contributed by atoms with Gasteiger partial charge < -0.3 is 11.1 Å². The van der Waals surface area contributed by atoms with Crippen LogP contribution in [0.4, 0.5) is 5.69 Å². The van der Waals surface area contributed by atoms with E-state index in [2.05, 4.69) is 17.2 Å². The van der Waals surface area contributed by atoms with E-state index in [0.29, 0.717) is 11.3 Å². The summed E-state index contributed by atoms with van der Waals surface area (Å²) < 4.78 is 0. The maximum Gasteiger partial charge on any atom is 0.253 e. The summed E-state index contributed by atoms with van der Waals surface area (Å²) in [5.41, 5.74) is 7.52. The minimum absolute atomic E-state index is 0.0557. The van der Waals surface area contributed by atoms with Gasteiger partial charge in [0.2, 0.25) is 0 Å². The third-order valence-electron chi connectivity index (χ3n) is 3.50. The summed E-state index contributed by atoms with van der Waals surface area (Å²) in [4.78, 5) is 16.3. The van der Waals surface area contributed by atoms with Gasteiger partial charge in [0.1, 0.15) is 0 Å². The predicted octanol–water partition coefficient (Wildman–Crippen LogP) is 2.28. The maximum absolute atomic E-state index is 12.2. The Morgan fingerprint density at radius 2 is 2.33 bits per heavy atom. The van der Waals surface area contributed by atoms with E-state index in [9.17, 15) is 4.79 Å². The van der Waals surface area contributed by atoms with E-state index >= 15 is 0 Å². The Morgan fingerprint density at radius 1 is 1.61 bits per heavy atom. The molecule has 98 valence electrons. The second kappa shape index (κ2) is 5.38. The number of aromatic nitrogens is 1. The smallest absolute Gasteiger partial charge is 0.253 e. The first-order chi connectivity index (χ1) is 8.60. The van der Waals surface area contributed by atoms with E-state index < -0.39 is 0 Å². The normalized spacial score (nSPS) is 16.3. The minimum atomic E-state index is -0.0557. The molecular formula is C14H21N3O. The van der Waals surface area contributed by atoms with E-state index in [1.54, 1.807) is 12.3 Å². The number of pyridine rings is 1. The number of rotatable bonds is 5. The molecule has 0 aromatic carbocycles. The van der Waals surface area contributed by atoms with Crippen LogP contribution in [0.5, 0.6) is 0 Å². The zero-order chi connectivity index (χ0) is 13.1. The largest absolute Gasteiger partial charge is 0.397 e. The molecule has 0 spiro atoms. The van der Waals surface area contributed by atoms with Crippen molar-refractivity contribution in [1.29, 1.82) is 0 Å². The Balaban J connectivity index is 2.02. The number of aryl methyl sites for hydroxylation is 1. The predicted molar refractivity (Wildman–Crippen MR) is 72.3 cm³/mol. The first-order valence-electron chi connectivity index (χ1n) is 6.63. The van der Waals surface area contributed by atoms with Gasteiger partial charge in [-0.15, -0.1) is 0 Å². The molecule has 4 heteroatoms. The van der Waals surface area contributed by atoms with Crippen LogP contribution >= 0.6 is 0 Å². The first-order valence-corrected chi connectivity index (χ1v) is 6.63. The van der Waals surface area contributed by atoms with Gasteiger partial charge >= 0.3 is 0 Å². The second-order valence-corrected chi connectivity index (χ2v) is 5.16. The van der Waals surface area contributed by atoms with Gasteiger partial charge in [0, 0.05) is 6.04 Å². The number of nitrogens with two attached hydrogens (primary N) is 1. The molecule has 1 aromatic heterocycles. The van der Waals surface area contributed by atoms with Gasteiger partial charge in [-0.1, -0.05) is 19.8 Å². The van der Waals surface area contributed by atoms with Crippen LogP contribution in [0.25, 0.3) is 0 Å². The van der Waals surface area contributed by atoms with Crippen molar-refractivity contribution < 1.29 is 4.79 Å². The highest BCUT2D eigenvalue weighted by molar-refractivity contribution is 5.96. The molecule has 1 unspecified atom stereocenters. The quantitative estimate of drug-likeness (QED) is 0.838. The Hall–Kier alpha value is -1.58. The summed E-state index contributed by atoms with van der Waals surface area (Å²) in [5.74, 6) is 0.759. The summed E-state index contributed by atoms with van der Waals surface area (Å²) in [6.07, 6.45) is 6.26. The van der Waals surface area contributed by atoms with Gasteiger partial charge in [-0.3, -0.25) is 9.78 Å². The SMILES string of the molecule is CCC(CC1CC1)NC(=O)c1cc(N)cnc1C. The molecule has 1 aliphatic carbocycles. The molecule has 1 aliphatic rings. The number of amides is 1. The highest BCUT2D eigenvalue weighted by Gasteiger charge is 2.26. The summed E-state index contributed by atoms with van der Waals surface area (Å²) in [6.45, 7) is 3.94. The summed E-state index contributed by atoms with van der Waals surface area (Å²) in [5, 5.41) is 3.09. The molecule has 1 atom stereocenters. The van der Waals surface area contributed by atoms with E-state index in [0.717, 1.165) is 24.5 Å². The average molecular weight is 247 g/mol. The Morgan fingerprint density at radius 3 is 2.94 bits per heavy atom. The van der Waals surface area contributed by atoms with E-state index in [1.165, 1.54) is 12.8 Å². The van der Waals surface area contributed by atoms with Crippen LogP contribution in [0.2, 0.25) is 0 Å². The van der Waals surface area contributed by atoms with Crippen molar-refractivity contribution in [3.8, 4) is 0 Å². The van der Waals surface area contributed by atoms with Crippen LogP contribution in [0.3, 0.4) is 0 Å². The van der Waals surface area contributed by atoms with Crippen LogP contribution in [0, 0.1) is 12.8 Å². The van der Waals surface area contributed by atoms with Gasteiger partial charge in [-0.2, -0.15) is 0 Å². The zero-order valence-electron chi connectivity index (χ0n) is 11.1. The van der Waals surface area contributed by atoms with Crippen molar-refractivity contribution in [3.05, 3.63) is 23.5 Å². The second-order valence-electron chi connectivity index (χ2n) is 5.16. The fourth-order valence-corrected chi connectivity index (χ4v) is 2.13. The minimum Gasteiger partial charge on any atom is -0.397 e. The van der Waals surface area contributed by atoms with E-state index in [-0.39, 0.29) is 11.9 Å². The lowest BCUT2D eigenvalue weighted by molar-refractivity contribution is 0.0931. The van der Waals surface area contributed by atoms with Gasteiger partial charge in [0.05, 0.1) is 23.1 Å². The molecule has 18 heavy (non-hydrogen) atoms. The molecule has 1 aromatic rings. The van der Waals surface area contributed by atoms with Gasteiger partial charge in [-0.05, 0) is 31.7 Å². The molecule has 1 fully saturated rings. The molecule has 3 N–H and O–H groups in total. The molecule has 2 rings (SSSR count). The summed E-state index contributed by atoms with van der Waals surface area (Å²) in [7, 11) is 0. The van der Waals surface area contributed by atoms with Crippen molar-refractivity contribution >= 4 is 11.6 Å². The van der Waals surface area contributed by atoms with Crippen LogP contribution in [0.1, 0.15) is 48.7 Å². The average Bonchev–Trinajstić information content (AvgIpc) is 3.15. The molecule has 0 saturated heterocycles. The van der Waals surface area contributed by atoms with Crippen LogP contribution < -0.4 is 11.1 Å². The van der Waals surface area contributed by atoms with E-state index in [1.807, 2.05) is 6.92 Å². The zero-order valence-corrected chi connectivity index (χ0v) is 11.1. The Bertz CT molecular complexity index is 441. The Labute approximate surface area is 108 Å². The number of carbonyl (C=O) groups excluding carboxylic acids is 1. The number of hydrogen-bond donors (Lipinski definition) is 2. The maximum atomic E-state index is 12.2. The van der Waals surface area contributed by atoms with Crippen LogP contribution in [-0.4, -0.2) is 16.9 Å². The molecule has 1 amide bonds. The van der Waals surface area contributed by atoms with Crippen molar-refractivity contribution in [2.45, 2.75) is 45.6 Å². The van der Waals surface area contributed by atoms with Crippen molar-refractivity contribution in [3.63, 3.8) is 0 Å². The molecule has 0 bridgehead atoms. The fraction of sp³-hybridized carbons (Fsp3) is 0.571. The Kier molecular flexibility index (Phi) is 3.84. The number of nitrogen functional groups attached to an aromatic ring is 1. The van der Waals surface area contributed by atoms with E-state index in [4.69, 9.17) is 5.73 Å². The molecule has 1 saturated carbocycles. The number of hydrogen-bond acceptors (Lipinski definition) is 3. The molecule has 4 nitrogen and oxygen atoms in total. The number of carbonyl (C=O) groups is 1. The van der Waals surface area contributed by atoms with Gasteiger partial charge in [0.25, 0.3) is 5.91 Å². The molecule has 0 aliphatic heterocycles. The third-order valence-corrected chi connectivity index (χ3v) is 3.50. The van der Waals surface area contributed by atoms with Crippen molar-refractivity contribution in [1.82, 2.24) is 10.3 Å². The van der Waals surface area contributed by atoms with Gasteiger partial charge in [0.15, 0.2) is 0 Å². The van der Waals surface area contributed by atoms with Crippen molar-refractivity contribution in [2.75, 3.05) is 5.73 Å². The number of nitrogens with one attached hydrogen (secondary N) is 1. The van der Waals surface area contributed by atoms with Crippen LogP contribution in [0.15, 0.2) is 12.3 Å². The number of anilines is 1. The highest BCUT2D eigenvalue weighted by Crippen LogP contribution is 2.34. The third kappa shape index (κ3) is 3.22. The van der Waals surface area contributed by atoms with Crippen LogP contribution in [-0.2, 0) is 0 Å².